The molecule has 0 radical (unpaired) electrons. The van der Waals surface area contributed by atoms with E-state index in [1.165, 1.54) is 5.56 Å². The molecule has 25 heavy (non-hydrogen) atoms. The lowest BCUT2D eigenvalue weighted by atomic mass is 9.97. The molecule has 4 N–H and O–H groups in total. The second-order valence-corrected chi connectivity index (χ2v) is 6.44. The van der Waals surface area contributed by atoms with E-state index in [9.17, 15) is 4.79 Å². The molecule has 0 bridgehead atoms. The third-order valence-corrected chi connectivity index (χ3v) is 4.44. The topological polar surface area (TPSA) is 76.4 Å². The molecule has 2 atom stereocenters. The van der Waals surface area contributed by atoms with E-state index in [-0.39, 0.29) is 5.78 Å². The van der Waals surface area contributed by atoms with Crippen molar-refractivity contribution >= 4 is 17.2 Å². The highest BCUT2D eigenvalue weighted by Crippen LogP contribution is 2.20. The van der Waals surface area contributed by atoms with E-state index < -0.39 is 12.1 Å². The van der Waals surface area contributed by atoms with Gasteiger partial charge in [0.2, 0.25) is 0 Å². The van der Waals surface area contributed by atoms with Gasteiger partial charge in [-0.15, -0.1) is 0 Å². The first-order valence-electron chi connectivity index (χ1n) is 8.66. The number of para-hydroxylation sites is 2. The van der Waals surface area contributed by atoms with Crippen LogP contribution in [0.1, 0.15) is 11.1 Å². The first kappa shape index (κ1) is 17.5. The number of ketones is 1. The van der Waals surface area contributed by atoms with Crippen molar-refractivity contribution in [2.45, 2.75) is 25.5 Å². The van der Waals surface area contributed by atoms with Crippen LogP contribution >= 0.6 is 0 Å². The van der Waals surface area contributed by atoms with Crippen molar-refractivity contribution in [1.29, 1.82) is 0 Å². The minimum Gasteiger partial charge on any atom is -0.397 e. The molecular formula is C20H25N3O2. The molecule has 1 aliphatic heterocycles. The molecule has 2 aromatic carbocycles. The van der Waals surface area contributed by atoms with Gasteiger partial charge in [0.05, 0.1) is 24.0 Å². The Morgan fingerprint density at radius 1 is 1.28 bits per heavy atom. The summed E-state index contributed by atoms with van der Waals surface area (Å²) in [5, 5.41) is 6.54. The van der Waals surface area contributed by atoms with Crippen LogP contribution in [0.25, 0.3) is 0 Å². The number of nitrogen functional groups attached to an aromatic ring is 1. The maximum Gasteiger partial charge on any atom is 0.185 e. The van der Waals surface area contributed by atoms with Crippen molar-refractivity contribution in [3.63, 3.8) is 0 Å². The maximum atomic E-state index is 13.0. The number of rotatable bonds is 6. The minimum absolute atomic E-state index is 0.0519. The van der Waals surface area contributed by atoms with Gasteiger partial charge >= 0.3 is 0 Å². The summed E-state index contributed by atoms with van der Waals surface area (Å²) in [7, 11) is 0. The predicted octanol–water partition coefficient (Wildman–Crippen LogP) is 2.16. The van der Waals surface area contributed by atoms with E-state index in [2.05, 4.69) is 41.8 Å². The largest absolute Gasteiger partial charge is 0.397 e. The number of hydrogen-bond acceptors (Lipinski definition) is 5. The summed E-state index contributed by atoms with van der Waals surface area (Å²) in [5.74, 6) is 0.0519. The number of nitrogens with one attached hydrogen (secondary N) is 2. The normalized spacial score (nSPS) is 18.5. The second-order valence-electron chi connectivity index (χ2n) is 6.44. The monoisotopic (exact) mass is 339 g/mol. The van der Waals surface area contributed by atoms with Crippen molar-refractivity contribution in [1.82, 2.24) is 5.32 Å². The Kier molecular flexibility index (Phi) is 5.68. The highest BCUT2D eigenvalue weighted by atomic mass is 16.5. The lowest BCUT2D eigenvalue weighted by molar-refractivity contribution is -0.132. The quantitative estimate of drug-likeness (QED) is 0.703. The van der Waals surface area contributed by atoms with E-state index in [0.29, 0.717) is 25.3 Å². The van der Waals surface area contributed by atoms with Gasteiger partial charge < -0.3 is 21.1 Å². The summed E-state index contributed by atoms with van der Waals surface area (Å²) in [6, 6.07) is 15.4. The average Bonchev–Trinajstić information content (AvgIpc) is 2.65. The van der Waals surface area contributed by atoms with Crippen LogP contribution < -0.4 is 16.4 Å². The summed E-state index contributed by atoms with van der Waals surface area (Å²) >= 11 is 0. The van der Waals surface area contributed by atoms with Gasteiger partial charge in [-0.1, -0.05) is 42.0 Å². The zero-order valence-electron chi connectivity index (χ0n) is 14.5. The molecule has 3 rings (SSSR count). The number of benzene rings is 2. The Balaban J connectivity index is 1.80. The number of nitrogens with two attached hydrogens (primary N) is 1. The van der Waals surface area contributed by atoms with Crippen LogP contribution in [0.3, 0.4) is 0 Å². The van der Waals surface area contributed by atoms with Crippen molar-refractivity contribution in [3.05, 3.63) is 59.7 Å². The standard InChI is InChI=1S/C20H25N3O2/c1-14-6-8-15(9-7-14)12-18(20(24)19-13-22-10-11-25-19)23-17-5-3-2-4-16(17)21/h2-9,18-19,22-23H,10-13,21H2,1H3. The minimum atomic E-state index is -0.429. The molecule has 5 heteroatoms. The van der Waals surface area contributed by atoms with Gasteiger partial charge in [-0.3, -0.25) is 4.79 Å². The highest BCUT2D eigenvalue weighted by Gasteiger charge is 2.29. The average molecular weight is 339 g/mol. The summed E-state index contributed by atoms with van der Waals surface area (Å²) in [6.07, 6.45) is 0.162. The van der Waals surface area contributed by atoms with Crippen LogP contribution in [-0.4, -0.2) is 37.6 Å². The molecule has 0 amide bonds. The molecule has 1 heterocycles. The molecule has 2 aromatic rings. The number of anilines is 2. The van der Waals surface area contributed by atoms with Crippen molar-refractivity contribution < 1.29 is 9.53 Å². The van der Waals surface area contributed by atoms with Crippen molar-refractivity contribution in [3.8, 4) is 0 Å². The summed E-state index contributed by atoms with van der Waals surface area (Å²) < 4.78 is 5.66. The van der Waals surface area contributed by atoms with Crippen LogP contribution in [0.15, 0.2) is 48.5 Å². The number of hydrogen-bond donors (Lipinski definition) is 3. The fraction of sp³-hybridized carbons (Fsp3) is 0.350. The number of Topliss-reactive ketones (excluding diaryl/α,β-unsaturated/α-hetero) is 1. The lowest BCUT2D eigenvalue weighted by Crippen LogP contribution is -2.49. The van der Waals surface area contributed by atoms with Crippen LogP contribution in [0, 0.1) is 6.92 Å². The van der Waals surface area contributed by atoms with Gasteiger partial charge in [-0.2, -0.15) is 0 Å². The molecule has 1 aliphatic rings. The Hall–Kier alpha value is -2.37. The Morgan fingerprint density at radius 3 is 2.72 bits per heavy atom. The molecule has 2 unspecified atom stereocenters. The number of morpholine rings is 1. The number of carbonyl (C=O) groups is 1. The fourth-order valence-electron chi connectivity index (χ4n) is 2.97. The van der Waals surface area contributed by atoms with E-state index in [1.54, 1.807) is 0 Å². The maximum absolute atomic E-state index is 13.0. The van der Waals surface area contributed by atoms with E-state index >= 15 is 0 Å². The third-order valence-electron chi connectivity index (χ3n) is 4.44. The van der Waals surface area contributed by atoms with E-state index in [1.807, 2.05) is 24.3 Å². The molecule has 0 aromatic heterocycles. The first-order valence-corrected chi connectivity index (χ1v) is 8.66. The molecule has 0 spiro atoms. The predicted molar refractivity (Wildman–Crippen MR) is 101 cm³/mol. The molecule has 0 saturated carbocycles. The summed E-state index contributed by atoms with van der Waals surface area (Å²) in [4.78, 5) is 13.0. The summed E-state index contributed by atoms with van der Waals surface area (Å²) in [6.45, 7) is 3.94. The number of ether oxygens (including phenoxy) is 1. The first-order chi connectivity index (χ1) is 12.1. The van der Waals surface area contributed by atoms with Crippen molar-refractivity contribution in [2.24, 2.45) is 0 Å². The number of carbonyl (C=O) groups excluding carboxylic acids is 1. The second kappa shape index (κ2) is 8.14. The molecule has 5 nitrogen and oxygen atoms in total. The van der Waals surface area contributed by atoms with E-state index in [0.717, 1.165) is 17.8 Å². The van der Waals surface area contributed by atoms with Crippen LogP contribution in [0.2, 0.25) is 0 Å². The molecule has 1 fully saturated rings. The SMILES string of the molecule is Cc1ccc(CC(Nc2ccccc2N)C(=O)C2CNCCO2)cc1. The van der Waals surface area contributed by atoms with Gasteiger partial charge in [0.1, 0.15) is 6.10 Å². The van der Waals surface area contributed by atoms with Crippen LogP contribution in [0.5, 0.6) is 0 Å². The fourth-order valence-corrected chi connectivity index (χ4v) is 2.97. The van der Waals surface area contributed by atoms with Crippen LogP contribution in [-0.2, 0) is 16.0 Å². The van der Waals surface area contributed by atoms with E-state index in [4.69, 9.17) is 10.5 Å². The lowest BCUT2D eigenvalue weighted by Gasteiger charge is -2.28. The van der Waals surface area contributed by atoms with Gasteiger partial charge in [-0.05, 0) is 31.0 Å². The third kappa shape index (κ3) is 4.59. The Morgan fingerprint density at radius 2 is 2.04 bits per heavy atom. The Bertz CT molecular complexity index is 709. The number of aryl methyl sites for hydroxylation is 1. The zero-order chi connectivity index (χ0) is 17.6. The van der Waals surface area contributed by atoms with Crippen LogP contribution in [0.4, 0.5) is 11.4 Å². The molecule has 0 aliphatic carbocycles. The smallest absolute Gasteiger partial charge is 0.185 e. The summed E-state index contributed by atoms with van der Waals surface area (Å²) in [5.41, 5.74) is 9.76. The molecule has 132 valence electrons. The van der Waals surface area contributed by atoms with Gasteiger partial charge in [0, 0.05) is 13.1 Å². The molecular weight excluding hydrogens is 314 g/mol. The van der Waals surface area contributed by atoms with Crippen molar-refractivity contribution in [2.75, 3.05) is 30.7 Å². The van der Waals surface area contributed by atoms with Gasteiger partial charge in [0.25, 0.3) is 0 Å². The highest BCUT2D eigenvalue weighted by molar-refractivity contribution is 5.92. The van der Waals surface area contributed by atoms with Gasteiger partial charge in [-0.25, -0.2) is 0 Å². The molecule has 1 saturated heterocycles. The van der Waals surface area contributed by atoms with Gasteiger partial charge in [0.15, 0.2) is 5.78 Å². The Labute approximate surface area is 148 Å². The zero-order valence-corrected chi connectivity index (χ0v) is 14.5.